The Morgan fingerprint density at radius 1 is 1.09 bits per heavy atom. The number of halogens is 1. The fraction of sp³-hybridized carbons (Fsp3) is 0.125. The normalized spacial score (nSPS) is 10.5. The lowest BCUT2D eigenvalue weighted by Crippen LogP contribution is -2.22. The van der Waals surface area contributed by atoms with Crippen molar-refractivity contribution in [2.75, 3.05) is 11.9 Å². The minimum Gasteiger partial charge on any atom is -0.484 e. The number of nitrogens with one attached hydrogen (secondary N) is 1. The van der Waals surface area contributed by atoms with Crippen LogP contribution in [0.5, 0.6) is 5.75 Å². The SMILES string of the molecule is I.NC(=O)COc1cccc(CN=C(N)Nc2ccccc2)c1. The number of amides is 1. The third kappa shape index (κ3) is 7.00. The van der Waals surface area contributed by atoms with Crippen LogP contribution in [0.3, 0.4) is 0 Å². The largest absolute Gasteiger partial charge is 0.484 e. The molecule has 0 radical (unpaired) electrons. The molecule has 0 spiro atoms. The van der Waals surface area contributed by atoms with Gasteiger partial charge in [0.1, 0.15) is 5.75 Å². The Hall–Kier alpha value is -2.29. The number of para-hydroxylation sites is 1. The number of carbonyl (C=O) groups excluding carboxylic acids is 1. The molecule has 0 aliphatic heterocycles. The van der Waals surface area contributed by atoms with Crippen molar-refractivity contribution in [3.63, 3.8) is 0 Å². The molecule has 2 aromatic carbocycles. The van der Waals surface area contributed by atoms with Crippen LogP contribution in [0.2, 0.25) is 0 Å². The minimum absolute atomic E-state index is 0. The van der Waals surface area contributed by atoms with Gasteiger partial charge in [0.15, 0.2) is 12.6 Å². The second kappa shape index (κ2) is 9.67. The fourth-order valence-corrected chi connectivity index (χ4v) is 1.77. The van der Waals surface area contributed by atoms with Crippen molar-refractivity contribution in [1.29, 1.82) is 0 Å². The molecule has 0 aromatic heterocycles. The van der Waals surface area contributed by atoms with E-state index in [9.17, 15) is 4.79 Å². The third-order valence-electron chi connectivity index (χ3n) is 2.76. The zero-order valence-electron chi connectivity index (χ0n) is 12.4. The Morgan fingerprint density at radius 3 is 2.52 bits per heavy atom. The van der Waals surface area contributed by atoms with E-state index < -0.39 is 5.91 Å². The second-order valence-electron chi connectivity index (χ2n) is 4.59. The number of nitrogens with zero attached hydrogens (tertiary/aromatic N) is 1. The summed E-state index contributed by atoms with van der Waals surface area (Å²) in [5, 5.41) is 3.00. The third-order valence-corrected chi connectivity index (χ3v) is 2.76. The first-order valence-corrected chi connectivity index (χ1v) is 6.75. The molecule has 0 aliphatic rings. The highest BCUT2D eigenvalue weighted by molar-refractivity contribution is 14.0. The fourth-order valence-electron chi connectivity index (χ4n) is 1.77. The van der Waals surface area contributed by atoms with E-state index in [-0.39, 0.29) is 30.6 Å². The molecule has 0 saturated heterocycles. The summed E-state index contributed by atoms with van der Waals surface area (Å²) in [4.78, 5) is 15.0. The number of carbonyl (C=O) groups is 1. The first-order chi connectivity index (χ1) is 10.6. The summed E-state index contributed by atoms with van der Waals surface area (Å²) in [6, 6.07) is 16.8. The maximum absolute atomic E-state index is 10.7. The van der Waals surface area contributed by atoms with Gasteiger partial charge in [0, 0.05) is 5.69 Å². The molecule has 122 valence electrons. The van der Waals surface area contributed by atoms with Crippen molar-refractivity contribution in [1.82, 2.24) is 0 Å². The average Bonchev–Trinajstić information content (AvgIpc) is 2.52. The molecule has 0 atom stereocenters. The molecule has 0 saturated carbocycles. The van der Waals surface area contributed by atoms with Crippen molar-refractivity contribution in [2.45, 2.75) is 6.54 Å². The van der Waals surface area contributed by atoms with Gasteiger partial charge in [-0.2, -0.15) is 0 Å². The van der Waals surface area contributed by atoms with E-state index in [0.717, 1.165) is 11.3 Å². The van der Waals surface area contributed by atoms with Crippen molar-refractivity contribution in [3.05, 3.63) is 60.2 Å². The van der Waals surface area contributed by atoms with E-state index in [1.54, 1.807) is 12.1 Å². The van der Waals surface area contributed by atoms with E-state index in [0.29, 0.717) is 18.3 Å². The van der Waals surface area contributed by atoms with Gasteiger partial charge in [0.2, 0.25) is 0 Å². The monoisotopic (exact) mass is 426 g/mol. The number of guanidine groups is 1. The first kappa shape index (κ1) is 18.8. The Bertz CT molecular complexity index is 662. The molecule has 6 nitrogen and oxygen atoms in total. The van der Waals surface area contributed by atoms with E-state index in [2.05, 4.69) is 10.3 Å². The number of hydrogen-bond donors (Lipinski definition) is 3. The summed E-state index contributed by atoms with van der Waals surface area (Å²) in [7, 11) is 0. The van der Waals surface area contributed by atoms with Crippen molar-refractivity contribution in [2.24, 2.45) is 16.5 Å². The van der Waals surface area contributed by atoms with Gasteiger partial charge < -0.3 is 21.5 Å². The lowest BCUT2D eigenvalue weighted by Gasteiger charge is -2.07. The zero-order chi connectivity index (χ0) is 15.8. The molecule has 0 bridgehead atoms. The van der Waals surface area contributed by atoms with Crippen molar-refractivity contribution < 1.29 is 9.53 Å². The molecule has 5 N–H and O–H groups in total. The highest BCUT2D eigenvalue weighted by Crippen LogP contribution is 2.14. The van der Waals surface area contributed by atoms with E-state index in [4.69, 9.17) is 16.2 Å². The summed E-state index contributed by atoms with van der Waals surface area (Å²) in [6.07, 6.45) is 0. The van der Waals surface area contributed by atoms with Crippen LogP contribution in [0.4, 0.5) is 5.69 Å². The molecule has 23 heavy (non-hydrogen) atoms. The summed E-state index contributed by atoms with van der Waals surface area (Å²) in [6.45, 7) is 0.254. The van der Waals surface area contributed by atoms with E-state index in [1.165, 1.54) is 0 Å². The Labute approximate surface area is 151 Å². The quantitative estimate of drug-likeness (QED) is 0.374. The minimum atomic E-state index is -0.514. The molecule has 7 heteroatoms. The zero-order valence-corrected chi connectivity index (χ0v) is 14.8. The molecule has 2 aromatic rings. The van der Waals surface area contributed by atoms with Gasteiger partial charge in [-0.1, -0.05) is 30.3 Å². The number of hydrogen-bond acceptors (Lipinski definition) is 3. The average molecular weight is 426 g/mol. The van der Waals surface area contributed by atoms with Crippen LogP contribution < -0.4 is 21.5 Å². The Balaban J connectivity index is 0.00000264. The number of rotatable bonds is 6. The Kier molecular flexibility index (Phi) is 7.89. The maximum Gasteiger partial charge on any atom is 0.255 e. The van der Waals surface area contributed by atoms with Gasteiger partial charge in [-0.05, 0) is 29.8 Å². The van der Waals surface area contributed by atoms with Crippen molar-refractivity contribution >= 4 is 41.5 Å². The lowest BCUT2D eigenvalue weighted by molar-refractivity contribution is -0.119. The first-order valence-electron chi connectivity index (χ1n) is 6.75. The molecule has 0 aliphatic carbocycles. The van der Waals surface area contributed by atoms with Gasteiger partial charge >= 0.3 is 0 Å². The number of primary amides is 1. The van der Waals surface area contributed by atoms with Crippen LogP contribution in [0.25, 0.3) is 0 Å². The highest BCUT2D eigenvalue weighted by atomic mass is 127. The lowest BCUT2D eigenvalue weighted by atomic mass is 10.2. The predicted octanol–water partition coefficient (Wildman–Crippen LogP) is 2.10. The number of nitrogens with two attached hydrogens (primary N) is 2. The summed E-state index contributed by atoms with van der Waals surface area (Å²) in [5.74, 6) is 0.385. The molecular weight excluding hydrogens is 407 g/mol. The van der Waals surface area contributed by atoms with Crippen LogP contribution in [-0.2, 0) is 11.3 Å². The van der Waals surface area contributed by atoms with Crippen LogP contribution >= 0.6 is 24.0 Å². The van der Waals surface area contributed by atoms with Crippen molar-refractivity contribution in [3.8, 4) is 5.75 Å². The highest BCUT2D eigenvalue weighted by Gasteiger charge is 2.00. The maximum atomic E-state index is 10.7. The number of ether oxygens (including phenoxy) is 1. The van der Waals surface area contributed by atoms with Gasteiger partial charge in [0.25, 0.3) is 5.91 Å². The summed E-state index contributed by atoms with van der Waals surface area (Å²) in [5.41, 5.74) is 12.7. The van der Waals surface area contributed by atoms with Crippen LogP contribution in [0, 0.1) is 0 Å². The molecular formula is C16H19IN4O2. The van der Waals surface area contributed by atoms with Gasteiger partial charge in [-0.15, -0.1) is 24.0 Å². The molecule has 1 amide bonds. The van der Waals surface area contributed by atoms with Crippen LogP contribution in [0.1, 0.15) is 5.56 Å². The van der Waals surface area contributed by atoms with Gasteiger partial charge in [-0.3, -0.25) is 4.79 Å². The Morgan fingerprint density at radius 2 is 1.83 bits per heavy atom. The number of aliphatic imine (C=N–C) groups is 1. The van der Waals surface area contributed by atoms with Gasteiger partial charge in [-0.25, -0.2) is 4.99 Å². The number of benzene rings is 2. The molecule has 0 fully saturated rings. The van der Waals surface area contributed by atoms with Gasteiger partial charge in [0.05, 0.1) is 6.54 Å². The predicted molar refractivity (Wildman–Crippen MR) is 102 cm³/mol. The van der Waals surface area contributed by atoms with E-state index in [1.807, 2.05) is 42.5 Å². The van der Waals surface area contributed by atoms with Crippen LogP contribution in [-0.4, -0.2) is 18.5 Å². The molecule has 2 rings (SSSR count). The topological polar surface area (TPSA) is 103 Å². The molecule has 0 unspecified atom stereocenters. The molecule has 0 heterocycles. The smallest absolute Gasteiger partial charge is 0.255 e. The summed E-state index contributed by atoms with van der Waals surface area (Å²) >= 11 is 0. The second-order valence-corrected chi connectivity index (χ2v) is 4.59. The summed E-state index contributed by atoms with van der Waals surface area (Å²) < 4.78 is 5.24. The number of anilines is 1. The van der Waals surface area contributed by atoms with Crippen LogP contribution in [0.15, 0.2) is 59.6 Å². The van der Waals surface area contributed by atoms with E-state index >= 15 is 0 Å². The standard InChI is InChI=1S/C16H18N4O2.HI/c17-15(21)11-22-14-8-4-5-12(9-14)10-19-16(18)20-13-6-2-1-3-7-13;/h1-9H,10-11H2,(H2,17,21)(H3,18,19,20);1H.